The minimum absolute atomic E-state index is 0.101. The maximum absolute atomic E-state index is 12.9. The van der Waals surface area contributed by atoms with Gasteiger partial charge in [0.15, 0.2) is 5.69 Å². The molecule has 0 saturated carbocycles. The second-order valence-corrected chi connectivity index (χ2v) is 5.52. The second-order valence-electron chi connectivity index (χ2n) is 5.52. The lowest BCUT2D eigenvalue weighted by molar-refractivity contribution is 0.0217. The lowest BCUT2D eigenvalue weighted by Gasteiger charge is -2.23. The zero-order chi connectivity index (χ0) is 17.8. The molecule has 1 aliphatic heterocycles. The van der Waals surface area contributed by atoms with Gasteiger partial charge in [-0.3, -0.25) is 9.59 Å². The van der Waals surface area contributed by atoms with Crippen molar-refractivity contribution in [3.63, 3.8) is 0 Å². The van der Waals surface area contributed by atoms with Crippen LogP contribution in [-0.2, 0) is 11.3 Å². The summed E-state index contributed by atoms with van der Waals surface area (Å²) in [5, 5.41) is 15.5. The molecule has 0 aliphatic carbocycles. The van der Waals surface area contributed by atoms with Crippen LogP contribution in [0.5, 0.6) is 5.75 Å². The minimum atomic E-state index is -0.814. The van der Waals surface area contributed by atoms with Crippen molar-refractivity contribution in [2.45, 2.75) is 12.6 Å². The molecule has 0 spiro atoms. The highest BCUT2D eigenvalue weighted by Crippen LogP contribution is 2.16. The standard InChI is InChI=1S/C16H17FN4O4/c17-10-3-1-9(2-4-10)7-19-15(23)12-13(22)16(24)21-14(20-12)11-8-18-5-6-25-11/h1-4,11,18,22H,5-8H2,(H,19,23)(H,20,21,24). The van der Waals surface area contributed by atoms with Gasteiger partial charge >= 0.3 is 0 Å². The molecule has 0 radical (unpaired) electrons. The summed E-state index contributed by atoms with van der Waals surface area (Å²) < 4.78 is 18.4. The van der Waals surface area contributed by atoms with Crippen LogP contribution in [0.4, 0.5) is 4.39 Å². The van der Waals surface area contributed by atoms with Crippen LogP contribution in [0.1, 0.15) is 28.0 Å². The number of halogens is 1. The van der Waals surface area contributed by atoms with Gasteiger partial charge in [0, 0.05) is 19.6 Å². The van der Waals surface area contributed by atoms with Gasteiger partial charge in [0.05, 0.1) is 6.61 Å². The van der Waals surface area contributed by atoms with Gasteiger partial charge < -0.3 is 25.5 Å². The number of benzene rings is 1. The molecule has 1 aromatic heterocycles. The minimum Gasteiger partial charge on any atom is -0.501 e. The van der Waals surface area contributed by atoms with Crippen LogP contribution in [0.3, 0.4) is 0 Å². The number of ether oxygens (including phenoxy) is 1. The van der Waals surface area contributed by atoms with Crippen molar-refractivity contribution in [2.24, 2.45) is 0 Å². The van der Waals surface area contributed by atoms with E-state index in [-0.39, 0.29) is 23.9 Å². The first kappa shape index (κ1) is 17.1. The van der Waals surface area contributed by atoms with Crippen LogP contribution in [-0.4, -0.2) is 40.7 Å². The fourth-order valence-corrected chi connectivity index (χ4v) is 2.40. The van der Waals surface area contributed by atoms with Gasteiger partial charge in [0.2, 0.25) is 5.75 Å². The van der Waals surface area contributed by atoms with Gasteiger partial charge in [-0.15, -0.1) is 0 Å². The van der Waals surface area contributed by atoms with E-state index in [0.29, 0.717) is 25.3 Å². The highest BCUT2D eigenvalue weighted by Gasteiger charge is 2.23. The molecule has 1 amide bonds. The zero-order valence-electron chi connectivity index (χ0n) is 13.2. The molecular formula is C16H17FN4O4. The highest BCUT2D eigenvalue weighted by atomic mass is 19.1. The highest BCUT2D eigenvalue weighted by molar-refractivity contribution is 5.94. The number of carbonyl (C=O) groups excluding carboxylic acids is 1. The summed E-state index contributed by atoms with van der Waals surface area (Å²) >= 11 is 0. The van der Waals surface area contributed by atoms with E-state index in [0.717, 1.165) is 0 Å². The SMILES string of the molecule is O=C(NCc1ccc(F)cc1)c1nc(C2CNCCO2)[nH]c(=O)c1O. The summed E-state index contributed by atoms with van der Waals surface area (Å²) in [4.78, 5) is 30.6. The molecule has 1 unspecified atom stereocenters. The molecule has 0 bridgehead atoms. The molecule has 4 N–H and O–H groups in total. The Kier molecular flexibility index (Phi) is 5.05. The number of aromatic nitrogens is 2. The van der Waals surface area contributed by atoms with Gasteiger partial charge in [0.25, 0.3) is 11.5 Å². The van der Waals surface area contributed by atoms with Crippen molar-refractivity contribution in [3.8, 4) is 5.75 Å². The Bertz CT molecular complexity index is 816. The largest absolute Gasteiger partial charge is 0.501 e. The number of amides is 1. The molecule has 1 fully saturated rings. The summed E-state index contributed by atoms with van der Waals surface area (Å²) in [5.74, 6) is -1.68. The Balaban J connectivity index is 1.77. The van der Waals surface area contributed by atoms with E-state index >= 15 is 0 Å². The average molecular weight is 348 g/mol. The summed E-state index contributed by atoms with van der Waals surface area (Å²) in [6, 6.07) is 5.59. The zero-order valence-corrected chi connectivity index (χ0v) is 13.2. The first-order valence-corrected chi connectivity index (χ1v) is 7.72. The maximum Gasteiger partial charge on any atom is 0.294 e. The number of rotatable bonds is 4. The van der Waals surface area contributed by atoms with Crippen molar-refractivity contribution in [3.05, 3.63) is 57.5 Å². The van der Waals surface area contributed by atoms with E-state index in [9.17, 15) is 19.1 Å². The molecule has 2 heterocycles. The lowest BCUT2D eigenvalue weighted by atomic mass is 10.2. The lowest BCUT2D eigenvalue weighted by Crippen LogP contribution is -2.36. The molecule has 1 atom stereocenters. The topological polar surface area (TPSA) is 116 Å². The normalized spacial score (nSPS) is 17.2. The van der Waals surface area contributed by atoms with Crippen molar-refractivity contribution in [1.29, 1.82) is 0 Å². The molecular weight excluding hydrogens is 331 g/mol. The fourth-order valence-electron chi connectivity index (χ4n) is 2.40. The monoisotopic (exact) mass is 348 g/mol. The smallest absolute Gasteiger partial charge is 0.294 e. The van der Waals surface area contributed by atoms with Gasteiger partial charge in [-0.1, -0.05) is 12.1 Å². The van der Waals surface area contributed by atoms with E-state index in [1.807, 2.05) is 0 Å². The number of carbonyl (C=O) groups is 1. The number of H-pyrrole nitrogens is 1. The molecule has 25 heavy (non-hydrogen) atoms. The fraction of sp³-hybridized carbons (Fsp3) is 0.312. The van der Waals surface area contributed by atoms with Crippen molar-refractivity contribution in [2.75, 3.05) is 19.7 Å². The first-order valence-electron chi connectivity index (χ1n) is 7.72. The molecule has 132 valence electrons. The Labute approximate surface area is 142 Å². The van der Waals surface area contributed by atoms with Gasteiger partial charge in [-0.2, -0.15) is 0 Å². The second kappa shape index (κ2) is 7.41. The third-order valence-corrected chi connectivity index (χ3v) is 3.73. The number of nitrogens with zero attached hydrogens (tertiary/aromatic N) is 1. The van der Waals surface area contributed by atoms with Crippen LogP contribution in [0, 0.1) is 5.82 Å². The molecule has 3 rings (SSSR count). The number of hydrogen-bond donors (Lipinski definition) is 4. The van der Waals surface area contributed by atoms with Crippen LogP contribution in [0.15, 0.2) is 29.1 Å². The summed E-state index contributed by atoms with van der Waals surface area (Å²) in [6.07, 6.45) is -0.509. The number of aromatic amines is 1. The summed E-state index contributed by atoms with van der Waals surface area (Å²) in [7, 11) is 0. The third-order valence-electron chi connectivity index (χ3n) is 3.73. The average Bonchev–Trinajstić information content (AvgIpc) is 2.64. The summed E-state index contributed by atoms with van der Waals surface area (Å²) in [6.45, 7) is 1.67. The Morgan fingerprint density at radius 1 is 1.40 bits per heavy atom. The van der Waals surface area contributed by atoms with Gasteiger partial charge in [0.1, 0.15) is 17.7 Å². The number of nitrogens with one attached hydrogen (secondary N) is 3. The molecule has 2 aromatic rings. The predicted molar refractivity (Wildman–Crippen MR) is 85.7 cm³/mol. The molecule has 1 saturated heterocycles. The van der Waals surface area contributed by atoms with Gasteiger partial charge in [-0.25, -0.2) is 9.37 Å². The van der Waals surface area contributed by atoms with Crippen LogP contribution in [0.25, 0.3) is 0 Å². The number of aromatic hydroxyl groups is 1. The van der Waals surface area contributed by atoms with E-state index in [2.05, 4.69) is 20.6 Å². The molecule has 1 aromatic carbocycles. The number of hydrogen-bond acceptors (Lipinski definition) is 6. The van der Waals surface area contributed by atoms with E-state index in [4.69, 9.17) is 4.74 Å². The van der Waals surface area contributed by atoms with E-state index in [1.54, 1.807) is 0 Å². The Hall–Kier alpha value is -2.78. The van der Waals surface area contributed by atoms with Crippen molar-refractivity contribution in [1.82, 2.24) is 20.6 Å². The summed E-state index contributed by atoms with van der Waals surface area (Å²) in [5.41, 5.74) is -0.528. The van der Waals surface area contributed by atoms with Crippen LogP contribution >= 0.6 is 0 Å². The quantitative estimate of drug-likeness (QED) is 0.627. The Morgan fingerprint density at radius 2 is 2.16 bits per heavy atom. The van der Waals surface area contributed by atoms with E-state index in [1.165, 1.54) is 24.3 Å². The van der Waals surface area contributed by atoms with E-state index < -0.39 is 23.3 Å². The van der Waals surface area contributed by atoms with Crippen LogP contribution < -0.4 is 16.2 Å². The molecule has 8 nitrogen and oxygen atoms in total. The van der Waals surface area contributed by atoms with Crippen LogP contribution in [0.2, 0.25) is 0 Å². The van der Waals surface area contributed by atoms with Crippen molar-refractivity contribution >= 4 is 5.91 Å². The first-order chi connectivity index (χ1) is 12.0. The Morgan fingerprint density at radius 3 is 2.84 bits per heavy atom. The molecule has 9 heteroatoms. The molecule has 1 aliphatic rings. The van der Waals surface area contributed by atoms with Gasteiger partial charge in [-0.05, 0) is 17.7 Å². The van der Waals surface area contributed by atoms with Crippen molar-refractivity contribution < 1.29 is 19.0 Å². The maximum atomic E-state index is 12.9. The third kappa shape index (κ3) is 4.01. The number of morpholine rings is 1. The predicted octanol–water partition coefficient (Wildman–Crippen LogP) is 0.205.